The van der Waals surface area contributed by atoms with Crippen LogP contribution in [0, 0.1) is 0 Å². The Morgan fingerprint density at radius 3 is 3.04 bits per heavy atom. The quantitative estimate of drug-likeness (QED) is 0.787. The van der Waals surface area contributed by atoms with Crippen molar-refractivity contribution < 1.29 is 9.90 Å². The van der Waals surface area contributed by atoms with E-state index in [1.54, 1.807) is 10.7 Å². The van der Waals surface area contributed by atoms with Crippen molar-refractivity contribution in [2.45, 2.75) is 25.8 Å². The van der Waals surface area contributed by atoms with Crippen LogP contribution >= 0.6 is 0 Å². The van der Waals surface area contributed by atoms with Gasteiger partial charge in [0.2, 0.25) is 0 Å². The lowest BCUT2D eigenvalue weighted by atomic mass is 9.96. The van der Waals surface area contributed by atoms with Gasteiger partial charge in [-0.25, -0.2) is 4.98 Å². The number of carboxylic acid groups (broad SMARTS) is 1. The largest absolute Gasteiger partial charge is 0.481 e. The molecule has 0 saturated carbocycles. The highest BCUT2D eigenvalue weighted by molar-refractivity contribution is 5.67. The highest BCUT2D eigenvalue weighted by Gasteiger charge is 2.19. The Balaban J connectivity index is 1.58. The van der Waals surface area contributed by atoms with Crippen LogP contribution in [0.1, 0.15) is 23.1 Å². The fourth-order valence-corrected chi connectivity index (χ4v) is 3.16. The van der Waals surface area contributed by atoms with Crippen molar-refractivity contribution in [3.8, 4) is 0 Å². The van der Waals surface area contributed by atoms with Crippen molar-refractivity contribution in [3.05, 3.63) is 53.6 Å². The lowest BCUT2D eigenvalue weighted by molar-refractivity contribution is -0.136. The average molecular weight is 323 g/mol. The molecule has 7 nitrogen and oxygen atoms in total. The van der Waals surface area contributed by atoms with Crippen LogP contribution in [0.25, 0.3) is 5.65 Å². The summed E-state index contributed by atoms with van der Waals surface area (Å²) in [5.41, 5.74) is 4.39. The fraction of sp³-hybridized carbons (Fsp3) is 0.294. The molecule has 1 N–H and O–H groups in total. The molecule has 122 valence electrons. The highest BCUT2D eigenvalue weighted by Crippen LogP contribution is 2.25. The number of hydrogen-bond acceptors (Lipinski definition) is 5. The zero-order chi connectivity index (χ0) is 16.5. The van der Waals surface area contributed by atoms with Crippen molar-refractivity contribution in [3.63, 3.8) is 0 Å². The number of aromatic nitrogens is 4. The summed E-state index contributed by atoms with van der Waals surface area (Å²) in [5.74, 6) is 0.179. The molecule has 0 aliphatic carbocycles. The van der Waals surface area contributed by atoms with Gasteiger partial charge in [-0.05, 0) is 29.5 Å². The molecule has 1 aliphatic rings. The maximum atomic E-state index is 10.7. The Hall–Kier alpha value is -2.96. The number of carboxylic acids is 1. The molecule has 3 heterocycles. The maximum absolute atomic E-state index is 10.7. The molecule has 1 aromatic carbocycles. The van der Waals surface area contributed by atoms with Crippen molar-refractivity contribution in [2.24, 2.45) is 0 Å². The first kappa shape index (κ1) is 14.6. The monoisotopic (exact) mass is 323 g/mol. The minimum Gasteiger partial charge on any atom is -0.481 e. The minimum atomic E-state index is -0.757. The number of carbonyl (C=O) groups is 1. The normalized spacial score (nSPS) is 13.9. The summed E-state index contributed by atoms with van der Waals surface area (Å²) >= 11 is 0. The van der Waals surface area contributed by atoms with E-state index in [4.69, 9.17) is 5.11 Å². The standard InChI is InChI=1S/C17H17N5O2/c23-17(24)4-2-12-1-3-14-10-21(6-5-13(14)7-12)16-9-18-8-15-19-11-20-22(15)16/h1,3,7-9,11H,2,4-6,10H2,(H,23,24). The molecule has 0 amide bonds. The molecule has 3 aromatic rings. The van der Waals surface area contributed by atoms with Gasteiger partial charge in [-0.15, -0.1) is 0 Å². The molecule has 0 atom stereocenters. The Bertz CT molecular complexity index is 905. The third-order valence-corrected chi connectivity index (χ3v) is 4.41. The first-order valence-corrected chi connectivity index (χ1v) is 7.92. The van der Waals surface area contributed by atoms with Gasteiger partial charge in [0, 0.05) is 19.5 Å². The number of rotatable bonds is 4. The molecule has 0 bridgehead atoms. The SMILES string of the molecule is O=C(O)CCc1ccc2c(c1)CCN(c1cncc3ncnn13)C2. The predicted molar refractivity (Wildman–Crippen MR) is 87.9 cm³/mol. The molecular weight excluding hydrogens is 306 g/mol. The van der Waals surface area contributed by atoms with Gasteiger partial charge in [-0.1, -0.05) is 18.2 Å². The van der Waals surface area contributed by atoms with E-state index in [0.717, 1.165) is 36.5 Å². The van der Waals surface area contributed by atoms with Crippen LogP contribution in [-0.2, 0) is 24.2 Å². The smallest absolute Gasteiger partial charge is 0.303 e. The minimum absolute atomic E-state index is 0.172. The molecular formula is C17H17N5O2. The first-order chi connectivity index (χ1) is 11.7. The van der Waals surface area contributed by atoms with E-state index in [-0.39, 0.29) is 6.42 Å². The Morgan fingerprint density at radius 2 is 2.17 bits per heavy atom. The summed E-state index contributed by atoms with van der Waals surface area (Å²) in [7, 11) is 0. The number of aryl methyl sites for hydroxylation is 1. The van der Waals surface area contributed by atoms with Gasteiger partial charge in [0.15, 0.2) is 11.5 Å². The molecule has 0 spiro atoms. The molecule has 4 rings (SSSR count). The van der Waals surface area contributed by atoms with Crippen LogP contribution in [0.5, 0.6) is 0 Å². The average Bonchev–Trinajstić information content (AvgIpc) is 3.08. The Labute approximate surface area is 138 Å². The third-order valence-electron chi connectivity index (χ3n) is 4.41. The second-order valence-electron chi connectivity index (χ2n) is 5.96. The highest BCUT2D eigenvalue weighted by atomic mass is 16.4. The second kappa shape index (κ2) is 5.92. The van der Waals surface area contributed by atoms with Crippen LogP contribution in [0.15, 0.2) is 36.9 Å². The van der Waals surface area contributed by atoms with Crippen molar-refractivity contribution in [1.82, 2.24) is 19.6 Å². The van der Waals surface area contributed by atoms with Gasteiger partial charge in [-0.3, -0.25) is 9.78 Å². The van der Waals surface area contributed by atoms with Crippen LogP contribution in [0.3, 0.4) is 0 Å². The predicted octanol–water partition coefficient (Wildman–Crippen LogP) is 1.70. The maximum Gasteiger partial charge on any atom is 0.303 e. The van der Waals surface area contributed by atoms with Gasteiger partial charge in [0.25, 0.3) is 0 Å². The molecule has 0 saturated heterocycles. The molecule has 0 fully saturated rings. The van der Waals surface area contributed by atoms with Crippen molar-refractivity contribution >= 4 is 17.4 Å². The van der Waals surface area contributed by atoms with E-state index in [2.05, 4.69) is 32.1 Å². The number of anilines is 1. The molecule has 24 heavy (non-hydrogen) atoms. The van der Waals surface area contributed by atoms with Crippen LogP contribution < -0.4 is 4.90 Å². The lowest BCUT2D eigenvalue weighted by Gasteiger charge is -2.30. The summed E-state index contributed by atoms with van der Waals surface area (Å²) < 4.78 is 1.80. The number of hydrogen-bond donors (Lipinski definition) is 1. The van der Waals surface area contributed by atoms with E-state index >= 15 is 0 Å². The number of benzene rings is 1. The number of nitrogens with zero attached hydrogens (tertiary/aromatic N) is 5. The number of fused-ring (bicyclic) bond motifs is 2. The van der Waals surface area contributed by atoms with E-state index in [1.165, 1.54) is 17.5 Å². The van der Waals surface area contributed by atoms with E-state index in [1.807, 2.05) is 12.3 Å². The summed E-state index contributed by atoms with van der Waals surface area (Å²) in [6, 6.07) is 6.27. The van der Waals surface area contributed by atoms with Crippen molar-refractivity contribution in [2.75, 3.05) is 11.4 Å². The fourth-order valence-electron chi connectivity index (χ4n) is 3.16. The second-order valence-corrected chi connectivity index (χ2v) is 5.96. The third kappa shape index (κ3) is 2.68. The topological polar surface area (TPSA) is 83.6 Å². The van der Waals surface area contributed by atoms with E-state index in [9.17, 15) is 4.79 Å². The summed E-state index contributed by atoms with van der Waals surface area (Å²) in [5, 5.41) is 13.1. The van der Waals surface area contributed by atoms with Crippen LogP contribution in [0.4, 0.5) is 5.82 Å². The van der Waals surface area contributed by atoms with Gasteiger partial charge >= 0.3 is 5.97 Å². The zero-order valence-electron chi connectivity index (χ0n) is 13.1. The van der Waals surface area contributed by atoms with Gasteiger partial charge < -0.3 is 10.0 Å². The molecule has 7 heteroatoms. The van der Waals surface area contributed by atoms with E-state index < -0.39 is 5.97 Å². The number of aliphatic carboxylic acids is 1. The molecule has 2 aromatic heterocycles. The summed E-state index contributed by atoms with van der Waals surface area (Å²) in [4.78, 5) is 21.4. The molecule has 1 aliphatic heterocycles. The summed E-state index contributed by atoms with van der Waals surface area (Å²) in [6.45, 7) is 1.66. The molecule has 0 radical (unpaired) electrons. The van der Waals surface area contributed by atoms with Crippen LogP contribution in [-0.4, -0.2) is 37.2 Å². The Kier molecular flexibility index (Phi) is 3.60. The van der Waals surface area contributed by atoms with Gasteiger partial charge in [0.1, 0.15) is 6.33 Å². The zero-order valence-corrected chi connectivity index (χ0v) is 13.1. The van der Waals surface area contributed by atoms with Crippen molar-refractivity contribution in [1.29, 1.82) is 0 Å². The van der Waals surface area contributed by atoms with Gasteiger partial charge in [0.05, 0.1) is 12.4 Å². The first-order valence-electron chi connectivity index (χ1n) is 7.92. The molecule has 0 unspecified atom stereocenters. The lowest BCUT2D eigenvalue weighted by Crippen LogP contribution is -2.32. The van der Waals surface area contributed by atoms with Gasteiger partial charge in [-0.2, -0.15) is 9.61 Å². The Morgan fingerprint density at radius 1 is 1.25 bits per heavy atom. The summed E-state index contributed by atoms with van der Waals surface area (Å²) in [6.07, 6.45) is 6.71. The van der Waals surface area contributed by atoms with E-state index in [0.29, 0.717) is 6.42 Å². The van der Waals surface area contributed by atoms with Crippen LogP contribution in [0.2, 0.25) is 0 Å².